The fraction of sp³-hybridized carbons (Fsp3) is 0.727. The molecular formula is C11H21N5O. The number of nitrogens with two attached hydrogens (primary N) is 1. The highest BCUT2D eigenvalue weighted by Crippen LogP contribution is 2.15. The first-order valence-corrected chi connectivity index (χ1v) is 5.78. The molecule has 0 radical (unpaired) electrons. The minimum atomic E-state index is -0.154. The van der Waals surface area contributed by atoms with Crippen molar-refractivity contribution in [2.75, 3.05) is 19.6 Å². The summed E-state index contributed by atoms with van der Waals surface area (Å²) in [6, 6.07) is 0. The van der Waals surface area contributed by atoms with Crippen LogP contribution in [-0.2, 0) is 0 Å². The topological polar surface area (TPSA) is 87.9 Å². The molecule has 1 aromatic heterocycles. The first-order chi connectivity index (χ1) is 7.89. The Kier molecular flexibility index (Phi) is 4.22. The summed E-state index contributed by atoms with van der Waals surface area (Å²) >= 11 is 0. The van der Waals surface area contributed by atoms with Crippen LogP contribution in [0.1, 0.15) is 37.2 Å². The zero-order valence-corrected chi connectivity index (χ0v) is 10.9. The standard InChI is InChI=1S/C11H21N5O/c1-5-16(7-11(3,4)6-12)10(17)9-13-8(2)14-15-9/h5-7,12H2,1-4H3,(H,13,14,15). The number of aromatic amines is 1. The van der Waals surface area contributed by atoms with Gasteiger partial charge < -0.3 is 10.6 Å². The number of aromatic nitrogens is 3. The molecule has 1 heterocycles. The second kappa shape index (κ2) is 5.27. The van der Waals surface area contributed by atoms with Crippen LogP contribution in [0.3, 0.4) is 0 Å². The van der Waals surface area contributed by atoms with Crippen molar-refractivity contribution in [1.29, 1.82) is 0 Å². The Bertz CT molecular complexity index is 385. The summed E-state index contributed by atoms with van der Waals surface area (Å²) in [5.74, 6) is 0.707. The molecule has 0 spiro atoms. The highest BCUT2D eigenvalue weighted by atomic mass is 16.2. The minimum absolute atomic E-state index is 0.100. The van der Waals surface area contributed by atoms with Gasteiger partial charge in [0.15, 0.2) is 0 Å². The smallest absolute Gasteiger partial charge is 0.293 e. The third-order valence-electron chi connectivity index (χ3n) is 2.63. The van der Waals surface area contributed by atoms with Crippen molar-refractivity contribution in [1.82, 2.24) is 20.1 Å². The van der Waals surface area contributed by atoms with Crippen molar-refractivity contribution in [3.05, 3.63) is 11.6 Å². The van der Waals surface area contributed by atoms with E-state index in [2.05, 4.69) is 15.2 Å². The van der Waals surface area contributed by atoms with Crippen LogP contribution in [0.4, 0.5) is 0 Å². The van der Waals surface area contributed by atoms with Crippen molar-refractivity contribution in [2.45, 2.75) is 27.7 Å². The molecule has 0 bridgehead atoms. The van der Waals surface area contributed by atoms with Gasteiger partial charge in [-0.25, -0.2) is 4.98 Å². The van der Waals surface area contributed by atoms with E-state index >= 15 is 0 Å². The lowest BCUT2D eigenvalue weighted by Crippen LogP contribution is -2.42. The average Bonchev–Trinajstić information content (AvgIpc) is 2.72. The van der Waals surface area contributed by atoms with E-state index in [0.717, 1.165) is 0 Å². The zero-order chi connectivity index (χ0) is 13.1. The number of amides is 1. The number of aryl methyl sites for hydroxylation is 1. The van der Waals surface area contributed by atoms with E-state index in [0.29, 0.717) is 25.5 Å². The molecule has 0 aromatic carbocycles. The lowest BCUT2D eigenvalue weighted by molar-refractivity contribution is 0.0689. The molecule has 0 fully saturated rings. The van der Waals surface area contributed by atoms with Gasteiger partial charge in [-0.05, 0) is 25.8 Å². The van der Waals surface area contributed by atoms with E-state index in [9.17, 15) is 4.79 Å². The number of nitrogens with zero attached hydrogens (tertiary/aromatic N) is 3. The van der Waals surface area contributed by atoms with Gasteiger partial charge in [0.05, 0.1) is 0 Å². The number of rotatable bonds is 5. The molecule has 0 saturated heterocycles. The number of hydrogen-bond donors (Lipinski definition) is 2. The summed E-state index contributed by atoms with van der Waals surface area (Å²) in [7, 11) is 0. The summed E-state index contributed by atoms with van der Waals surface area (Å²) in [5.41, 5.74) is 5.58. The van der Waals surface area contributed by atoms with Gasteiger partial charge >= 0.3 is 0 Å². The Morgan fingerprint density at radius 3 is 2.59 bits per heavy atom. The van der Waals surface area contributed by atoms with Crippen LogP contribution in [-0.4, -0.2) is 45.6 Å². The number of H-pyrrole nitrogens is 1. The van der Waals surface area contributed by atoms with Gasteiger partial charge in [0.25, 0.3) is 5.91 Å². The lowest BCUT2D eigenvalue weighted by atomic mass is 9.93. The van der Waals surface area contributed by atoms with E-state index in [4.69, 9.17) is 5.73 Å². The highest BCUT2D eigenvalue weighted by Gasteiger charge is 2.25. The maximum absolute atomic E-state index is 12.1. The lowest BCUT2D eigenvalue weighted by Gasteiger charge is -2.30. The Labute approximate surface area is 102 Å². The van der Waals surface area contributed by atoms with Crippen LogP contribution in [0.15, 0.2) is 0 Å². The van der Waals surface area contributed by atoms with E-state index < -0.39 is 0 Å². The molecule has 1 aromatic rings. The highest BCUT2D eigenvalue weighted by molar-refractivity contribution is 5.90. The molecule has 96 valence electrons. The summed E-state index contributed by atoms with van der Waals surface area (Å²) in [5, 5.41) is 6.55. The van der Waals surface area contributed by atoms with Gasteiger partial charge in [0, 0.05) is 13.1 Å². The third-order valence-corrected chi connectivity index (χ3v) is 2.63. The summed E-state index contributed by atoms with van der Waals surface area (Å²) < 4.78 is 0. The van der Waals surface area contributed by atoms with Crippen molar-refractivity contribution >= 4 is 5.91 Å². The summed E-state index contributed by atoms with van der Waals surface area (Å²) in [6.07, 6.45) is 0. The Morgan fingerprint density at radius 1 is 1.53 bits per heavy atom. The molecule has 0 aliphatic heterocycles. The number of hydrogen-bond acceptors (Lipinski definition) is 4. The van der Waals surface area contributed by atoms with Crippen LogP contribution in [0, 0.1) is 12.3 Å². The second-order valence-electron chi connectivity index (χ2n) is 4.93. The van der Waals surface area contributed by atoms with Crippen LogP contribution >= 0.6 is 0 Å². The molecule has 0 unspecified atom stereocenters. The molecule has 3 N–H and O–H groups in total. The Hall–Kier alpha value is -1.43. The van der Waals surface area contributed by atoms with Crippen molar-refractivity contribution in [2.24, 2.45) is 11.1 Å². The van der Waals surface area contributed by atoms with Gasteiger partial charge in [0.1, 0.15) is 5.82 Å². The molecule has 6 heteroatoms. The zero-order valence-electron chi connectivity index (χ0n) is 10.9. The minimum Gasteiger partial charge on any atom is -0.336 e. The predicted molar refractivity (Wildman–Crippen MR) is 65.5 cm³/mol. The maximum atomic E-state index is 12.1. The van der Waals surface area contributed by atoms with Gasteiger partial charge in [-0.15, -0.1) is 5.10 Å². The fourth-order valence-electron chi connectivity index (χ4n) is 1.49. The summed E-state index contributed by atoms with van der Waals surface area (Å²) in [4.78, 5) is 17.9. The Balaban J connectivity index is 2.78. The third kappa shape index (κ3) is 3.52. The van der Waals surface area contributed by atoms with Crippen molar-refractivity contribution in [3.63, 3.8) is 0 Å². The molecular weight excluding hydrogens is 218 g/mol. The van der Waals surface area contributed by atoms with E-state index in [1.807, 2.05) is 20.8 Å². The average molecular weight is 239 g/mol. The molecule has 6 nitrogen and oxygen atoms in total. The van der Waals surface area contributed by atoms with Crippen molar-refractivity contribution < 1.29 is 4.79 Å². The number of carbonyl (C=O) groups is 1. The van der Waals surface area contributed by atoms with E-state index in [1.165, 1.54) is 0 Å². The van der Waals surface area contributed by atoms with Gasteiger partial charge in [-0.3, -0.25) is 9.89 Å². The number of nitrogens with one attached hydrogen (secondary N) is 1. The SMILES string of the molecule is CCN(CC(C)(C)CN)C(=O)c1n[nH]c(C)n1. The molecule has 1 amide bonds. The largest absolute Gasteiger partial charge is 0.336 e. The van der Waals surface area contributed by atoms with E-state index in [-0.39, 0.29) is 17.1 Å². The summed E-state index contributed by atoms with van der Waals surface area (Å²) in [6.45, 7) is 9.53. The van der Waals surface area contributed by atoms with Crippen LogP contribution < -0.4 is 5.73 Å². The maximum Gasteiger partial charge on any atom is 0.293 e. The predicted octanol–water partition coefficient (Wildman–Crippen LogP) is 0.560. The van der Waals surface area contributed by atoms with Gasteiger partial charge in [-0.1, -0.05) is 13.8 Å². The Morgan fingerprint density at radius 2 is 2.18 bits per heavy atom. The van der Waals surface area contributed by atoms with Crippen LogP contribution in [0.25, 0.3) is 0 Å². The molecule has 0 atom stereocenters. The number of carbonyl (C=O) groups excluding carboxylic acids is 1. The molecule has 1 rings (SSSR count). The van der Waals surface area contributed by atoms with Gasteiger partial charge in [0.2, 0.25) is 5.82 Å². The fourth-order valence-corrected chi connectivity index (χ4v) is 1.49. The quantitative estimate of drug-likeness (QED) is 0.786. The van der Waals surface area contributed by atoms with Crippen molar-refractivity contribution in [3.8, 4) is 0 Å². The van der Waals surface area contributed by atoms with Gasteiger partial charge in [-0.2, -0.15) is 0 Å². The monoisotopic (exact) mass is 239 g/mol. The van der Waals surface area contributed by atoms with Crippen LogP contribution in [0.5, 0.6) is 0 Å². The molecule has 0 saturated carbocycles. The first-order valence-electron chi connectivity index (χ1n) is 5.78. The first kappa shape index (κ1) is 13.6. The van der Waals surface area contributed by atoms with E-state index in [1.54, 1.807) is 11.8 Å². The second-order valence-corrected chi connectivity index (χ2v) is 4.93. The van der Waals surface area contributed by atoms with Crippen LogP contribution in [0.2, 0.25) is 0 Å². The normalized spacial score (nSPS) is 11.6. The molecule has 0 aliphatic rings. The molecule has 17 heavy (non-hydrogen) atoms. The molecule has 0 aliphatic carbocycles.